The third kappa shape index (κ3) is 1.87. The van der Waals surface area contributed by atoms with Crippen LogP contribution in [0, 0.1) is 35.5 Å². The molecule has 0 heterocycles. The molecular weight excluding hydrogens is 218 g/mol. The Morgan fingerprint density at radius 3 is 1.61 bits per heavy atom. The molecule has 0 spiro atoms. The summed E-state index contributed by atoms with van der Waals surface area (Å²) >= 11 is 0. The molecule has 0 unspecified atom stereocenters. The summed E-state index contributed by atoms with van der Waals surface area (Å²) in [6.07, 6.45) is 15.7. The minimum absolute atomic E-state index is 0.914. The minimum atomic E-state index is 0.914. The van der Waals surface area contributed by atoms with Crippen molar-refractivity contribution in [3.05, 3.63) is 24.3 Å². The average molecular weight is 243 g/mol. The van der Waals surface area contributed by atoms with Crippen molar-refractivity contribution in [2.24, 2.45) is 35.5 Å². The van der Waals surface area contributed by atoms with Gasteiger partial charge in [-0.1, -0.05) is 24.3 Å². The van der Waals surface area contributed by atoms with Crippen molar-refractivity contribution in [1.82, 2.24) is 4.90 Å². The molecule has 2 fully saturated rings. The molecule has 2 saturated carbocycles. The zero-order valence-electron chi connectivity index (χ0n) is 11.5. The lowest BCUT2D eigenvalue weighted by molar-refractivity contribution is 0.209. The van der Waals surface area contributed by atoms with Crippen molar-refractivity contribution >= 4 is 0 Å². The van der Waals surface area contributed by atoms with Gasteiger partial charge in [0.1, 0.15) is 0 Å². The first-order valence-corrected chi connectivity index (χ1v) is 7.83. The van der Waals surface area contributed by atoms with Gasteiger partial charge in [0.2, 0.25) is 0 Å². The molecule has 0 saturated heterocycles. The highest BCUT2D eigenvalue weighted by Gasteiger charge is 2.38. The fraction of sp³-hybridized carbons (Fsp3) is 0.765. The Kier molecular flexibility index (Phi) is 2.65. The van der Waals surface area contributed by atoms with Crippen LogP contribution in [0.5, 0.6) is 0 Å². The first-order valence-electron chi connectivity index (χ1n) is 7.83. The maximum absolute atomic E-state index is 2.64. The molecule has 98 valence electrons. The van der Waals surface area contributed by atoms with Gasteiger partial charge in [-0.3, -0.25) is 0 Å². The Morgan fingerprint density at radius 2 is 1.28 bits per heavy atom. The van der Waals surface area contributed by atoms with Gasteiger partial charge < -0.3 is 4.90 Å². The maximum atomic E-state index is 2.64. The molecule has 0 amide bonds. The molecule has 0 aromatic rings. The van der Waals surface area contributed by atoms with Gasteiger partial charge in [-0.25, -0.2) is 0 Å². The summed E-state index contributed by atoms with van der Waals surface area (Å²) in [6, 6.07) is 0. The van der Waals surface area contributed by atoms with Crippen molar-refractivity contribution < 1.29 is 0 Å². The molecule has 18 heavy (non-hydrogen) atoms. The normalized spacial score (nSPS) is 47.9. The monoisotopic (exact) mass is 243 g/mol. The zero-order valence-corrected chi connectivity index (χ0v) is 11.5. The second kappa shape index (κ2) is 4.23. The Labute approximate surface area is 111 Å². The van der Waals surface area contributed by atoms with E-state index in [-0.39, 0.29) is 0 Å². The van der Waals surface area contributed by atoms with Crippen LogP contribution in [-0.2, 0) is 0 Å². The van der Waals surface area contributed by atoms with Crippen LogP contribution in [-0.4, -0.2) is 25.0 Å². The van der Waals surface area contributed by atoms with E-state index in [1.807, 2.05) is 0 Å². The van der Waals surface area contributed by atoms with E-state index in [0.717, 1.165) is 35.5 Å². The summed E-state index contributed by atoms with van der Waals surface area (Å²) in [7, 11) is 2.35. The summed E-state index contributed by atoms with van der Waals surface area (Å²) in [5.41, 5.74) is 0. The van der Waals surface area contributed by atoms with Crippen LogP contribution in [0.1, 0.15) is 25.7 Å². The predicted molar refractivity (Wildman–Crippen MR) is 75.2 cm³/mol. The van der Waals surface area contributed by atoms with Crippen LogP contribution in [0.4, 0.5) is 0 Å². The number of nitrogens with zero attached hydrogens (tertiary/aromatic N) is 1. The SMILES string of the molecule is CN(C[C@H]1C[C@H]2C=C[C@H]1C2)C[C@@H]1C[C@H]2C=C[C@H]1C2. The zero-order chi connectivity index (χ0) is 12.1. The van der Waals surface area contributed by atoms with Gasteiger partial charge in [0.05, 0.1) is 0 Å². The van der Waals surface area contributed by atoms with Crippen molar-refractivity contribution in [1.29, 1.82) is 0 Å². The molecule has 4 aliphatic rings. The molecule has 4 rings (SSSR count). The molecular formula is C17H25N. The van der Waals surface area contributed by atoms with Crippen LogP contribution < -0.4 is 0 Å². The largest absolute Gasteiger partial charge is 0.306 e. The molecule has 4 bridgehead atoms. The summed E-state index contributed by atoms with van der Waals surface area (Å²) in [5.74, 6) is 5.60. The lowest BCUT2D eigenvalue weighted by Crippen LogP contribution is -2.33. The van der Waals surface area contributed by atoms with E-state index in [1.165, 1.54) is 38.8 Å². The lowest BCUT2D eigenvalue weighted by Gasteiger charge is -2.29. The smallest absolute Gasteiger partial charge is 0.00126 e. The Morgan fingerprint density at radius 1 is 0.778 bits per heavy atom. The number of hydrogen-bond donors (Lipinski definition) is 0. The quantitative estimate of drug-likeness (QED) is 0.685. The van der Waals surface area contributed by atoms with Gasteiger partial charge in [0.25, 0.3) is 0 Å². The fourth-order valence-corrected chi connectivity index (χ4v) is 5.08. The molecule has 6 atom stereocenters. The molecule has 0 radical (unpaired) electrons. The van der Waals surface area contributed by atoms with Crippen molar-refractivity contribution in [2.45, 2.75) is 25.7 Å². The van der Waals surface area contributed by atoms with Crippen LogP contribution in [0.15, 0.2) is 24.3 Å². The second-order valence-electron chi connectivity index (χ2n) is 7.30. The van der Waals surface area contributed by atoms with E-state index in [0.29, 0.717) is 0 Å². The van der Waals surface area contributed by atoms with Gasteiger partial charge in [-0.15, -0.1) is 0 Å². The van der Waals surface area contributed by atoms with Crippen LogP contribution in [0.2, 0.25) is 0 Å². The summed E-state index contributed by atoms with van der Waals surface area (Å²) in [4.78, 5) is 2.64. The Bertz CT molecular complexity index is 347. The first kappa shape index (κ1) is 11.3. The van der Waals surface area contributed by atoms with Gasteiger partial charge in [-0.2, -0.15) is 0 Å². The molecule has 0 aliphatic heterocycles. The van der Waals surface area contributed by atoms with Gasteiger partial charge >= 0.3 is 0 Å². The minimum Gasteiger partial charge on any atom is -0.306 e. The Hall–Kier alpha value is -0.560. The van der Waals surface area contributed by atoms with Crippen LogP contribution >= 0.6 is 0 Å². The highest BCUT2D eigenvalue weighted by Crippen LogP contribution is 2.45. The fourth-order valence-electron chi connectivity index (χ4n) is 5.08. The van der Waals surface area contributed by atoms with E-state index in [1.54, 1.807) is 0 Å². The molecule has 0 N–H and O–H groups in total. The number of fused-ring (bicyclic) bond motifs is 4. The molecule has 4 aliphatic carbocycles. The topological polar surface area (TPSA) is 3.24 Å². The summed E-state index contributed by atoms with van der Waals surface area (Å²) in [6.45, 7) is 2.67. The van der Waals surface area contributed by atoms with E-state index in [2.05, 4.69) is 36.3 Å². The standard InChI is InChI=1S/C17H25N/c1-18(10-16-8-12-2-4-14(16)6-12)11-17-9-13-3-5-15(17)7-13/h2-5,12-17H,6-11H2,1H3/t12-,13-,14-,15-,16-,17+/m0/s1. The Balaban J connectivity index is 1.30. The lowest BCUT2D eigenvalue weighted by atomic mass is 9.91. The van der Waals surface area contributed by atoms with E-state index >= 15 is 0 Å². The molecule has 0 aromatic heterocycles. The number of rotatable bonds is 4. The van der Waals surface area contributed by atoms with Gasteiger partial charge in [0.15, 0.2) is 0 Å². The first-order chi connectivity index (χ1) is 8.78. The van der Waals surface area contributed by atoms with Crippen LogP contribution in [0.25, 0.3) is 0 Å². The van der Waals surface area contributed by atoms with Crippen molar-refractivity contribution in [2.75, 3.05) is 20.1 Å². The summed E-state index contributed by atoms with van der Waals surface area (Å²) < 4.78 is 0. The third-order valence-corrected chi connectivity index (χ3v) is 5.93. The third-order valence-electron chi connectivity index (χ3n) is 5.93. The van der Waals surface area contributed by atoms with E-state index < -0.39 is 0 Å². The number of hydrogen-bond acceptors (Lipinski definition) is 1. The predicted octanol–water partition coefficient (Wildman–Crippen LogP) is 3.34. The number of allylic oxidation sites excluding steroid dienone is 4. The highest BCUT2D eigenvalue weighted by molar-refractivity contribution is 5.12. The maximum Gasteiger partial charge on any atom is 0.00126 e. The molecule has 1 heteroatoms. The van der Waals surface area contributed by atoms with E-state index in [4.69, 9.17) is 0 Å². The van der Waals surface area contributed by atoms with Crippen LogP contribution in [0.3, 0.4) is 0 Å². The molecule has 0 aromatic carbocycles. The molecule has 1 nitrogen and oxygen atoms in total. The average Bonchev–Trinajstić information content (AvgIpc) is 3.08. The van der Waals surface area contributed by atoms with Crippen molar-refractivity contribution in [3.8, 4) is 0 Å². The van der Waals surface area contributed by atoms with Gasteiger partial charge in [-0.05, 0) is 68.2 Å². The second-order valence-corrected chi connectivity index (χ2v) is 7.30. The summed E-state index contributed by atoms with van der Waals surface area (Å²) in [5, 5.41) is 0. The highest BCUT2D eigenvalue weighted by atomic mass is 15.1. The van der Waals surface area contributed by atoms with E-state index in [9.17, 15) is 0 Å². The van der Waals surface area contributed by atoms with Gasteiger partial charge in [0, 0.05) is 13.1 Å². The van der Waals surface area contributed by atoms with Crippen molar-refractivity contribution in [3.63, 3.8) is 0 Å².